The van der Waals surface area contributed by atoms with E-state index < -0.39 is 10.0 Å². The first-order chi connectivity index (χ1) is 13.0. The molecule has 1 aliphatic rings. The molecular formula is C18H23N3O5S. The number of carbonyl (C=O) groups is 1. The molecule has 0 atom stereocenters. The summed E-state index contributed by atoms with van der Waals surface area (Å²) in [7, 11) is -3.45. The second kappa shape index (κ2) is 8.64. The first-order valence-electron chi connectivity index (χ1n) is 8.89. The monoisotopic (exact) mass is 393 g/mol. The zero-order valence-corrected chi connectivity index (χ0v) is 15.8. The van der Waals surface area contributed by atoms with Crippen LogP contribution in [0.3, 0.4) is 0 Å². The summed E-state index contributed by atoms with van der Waals surface area (Å²) >= 11 is 0. The molecule has 8 nitrogen and oxygen atoms in total. The van der Waals surface area contributed by atoms with Crippen LogP contribution in [0.1, 0.15) is 12.0 Å². The zero-order chi connectivity index (χ0) is 19.3. The topological polar surface area (TPSA) is 109 Å². The van der Waals surface area contributed by atoms with E-state index >= 15 is 0 Å². The van der Waals surface area contributed by atoms with Crippen molar-refractivity contribution in [2.45, 2.75) is 12.8 Å². The van der Waals surface area contributed by atoms with E-state index in [1.54, 1.807) is 0 Å². The van der Waals surface area contributed by atoms with Gasteiger partial charge in [0.05, 0.1) is 19.0 Å². The van der Waals surface area contributed by atoms with Gasteiger partial charge in [0.25, 0.3) is 5.56 Å². The summed E-state index contributed by atoms with van der Waals surface area (Å²) in [5, 5.41) is 3.61. The molecule has 27 heavy (non-hydrogen) atoms. The number of aromatic amines is 1. The largest absolute Gasteiger partial charge is 0.379 e. The van der Waals surface area contributed by atoms with Gasteiger partial charge in [-0.25, -0.2) is 8.42 Å². The summed E-state index contributed by atoms with van der Waals surface area (Å²) in [5.41, 5.74) is 1.16. The fraction of sp³-hybridized carbons (Fsp3) is 0.444. The minimum atomic E-state index is -3.45. The molecule has 1 aliphatic heterocycles. The molecule has 1 amide bonds. The van der Waals surface area contributed by atoms with Crippen molar-refractivity contribution < 1.29 is 17.9 Å². The van der Waals surface area contributed by atoms with Gasteiger partial charge in [-0.05, 0) is 23.9 Å². The van der Waals surface area contributed by atoms with Gasteiger partial charge in [0.15, 0.2) is 0 Å². The first-order valence-corrected chi connectivity index (χ1v) is 10.5. The third kappa shape index (κ3) is 5.15. The Labute approximate surface area is 157 Å². The fourth-order valence-corrected chi connectivity index (χ4v) is 4.39. The first kappa shape index (κ1) is 19.5. The van der Waals surface area contributed by atoms with Gasteiger partial charge in [-0.2, -0.15) is 4.31 Å². The van der Waals surface area contributed by atoms with Gasteiger partial charge in [-0.3, -0.25) is 9.59 Å². The average Bonchev–Trinajstić information content (AvgIpc) is 2.67. The van der Waals surface area contributed by atoms with Gasteiger partial charge >= 0.3 is 0 Å². The molecule has 1 aromatic carbocycles. The van der Waals surface area contributed by atoms with Crippen LogP contribution in [0.15, 0.2) is 35.1 Å². The summed E-state index contributed by atoms with van der Waals surface area (Å²) in [6, 6.07) is 9.29. The Kier molecular flexibility index (Phi) is 6.25. The summed E-state index contributed by atoms with van der Waals surface area (Å²) in [4.78, 5) is 26.8. The van der Waals surface area contributed by atoms with Gasteiger partial charge in [0.2, 0.25) is 15.9 Å². The number of nitrogens with one attached hydrogen (secondary N) is 2. The summed E-state index contributed by atoms with van der Waals surface area (Å²) in [6.45, 7) is 1.69. The molecule has 1 saturated heterocycles. The van der Waals surface area contributed by atoms with Crippen molar-refractivity contribution in [1.29, 1.82) is 0 Å². The van der Waals surface area contributed by atoms with Gasteiger partial charge in [-0.1, -0.05) is 18.2 Å². The predicted molar refractivity (Wildman–Crippen MR) is 102 cm³/mol. The van der Waals surface area contributed by atoms with Crippen LogP contribution in [0, 0.1) is 0 Å². The lowest BCUT2D eigenvalue weighted by Crippen LogP contribution is -2.42. The van der Waals surface area contributed by atoms with Gasteiger partial charge < -0.3 is 15.0 Å². The van der Waals surface area contributed by atoms with E-state index in [0.29, 0.717) is 38.3 Å². The average molecular weight is 393 g/mol. The van der Waals surface area contributed by atoms with Crippen LogP contribution in [-0.2, 0) is 26.0 Å². The smallest absolute Gasteiger partial charge is 0.251 e. The third-order valence-electron chi connectivity index (χ3n) is 4.50. The number of nitrogens with zero attached hydrogens (tertiary/aromatic N) is 1. The number of carbonyl (C=O) groups excluding carboxylic acids is 1. The highest BCUT2D eigenvalue weighted by Gasteiger charge is 2.24. The number of aromatic nitrogens is 1. The molecule has 0 aliphatic carbocycles. The quantitative estimate of drug-likeness (QED) is 0.700. The number of morpholine rings is 1. The highest BCUT2D eigenvalue weighted by atomic mass is 32.2. The van der Waals surface area contributed by atoms with Crippen LogP contribution < -0.4 is 10.9 Å². The van der Waals surface area contributed by atoms with Crippen LogP contribution >= 0.6 is 0 Å². The molecule has 0 unspecified atom stereocenters. The lowest BCUT2D eigenvalue weighted by molar-refractivity contribution is -0.120. The van der Waals surface area contributed by atoms with E-state index in [1.165, 1.54) is 4.31 Å². The predicted octanol–water partition coefficient (Wildman–Crippen LogP) is 0.239. The maximum Gasteiger partial charge on any atom is 0.251 e. The molecule has 1 fully saturated rings. The highest BCUT2D eigenvalue weighted by molar-refractivity contribution is 7.89. The maximum absolute atomic E-state index is 12.2. The fourth-order valence-electron chi connectivity index (χ4n) is 2.98. The van der Waals surface area contributed by atoms with Gasteiger partial charge in [0.1, 0.15) is 0 Å². The molecule has 3 rings (SSSR count). The Morgan fingerprint density at radius 3 is 2.74 bits per heavy atom. The number of hydrogen-bond donors (Lipinski definition) is 2. The number of benzene rings is 1. The molecule has 2 aromatic rings. The number of rotatable bonds is 7. The number of para-hydroxylation sites is 1. The van der Waals surface area contributed by atoms with E-state index in [-0.39, 0.29) is 30.2 Å². The van der Waals surface area contributed by atoms with Crippen molar-refractivity contribution in [3.05, 3.63) is 46.2 Å². The highest BCUT2D eigenvalue weighted by Crippen LogP contribution is 2.10. The standard InChI is InChI=1S/C18H23N3O5S/c22-17(6-12-27(24,25)21-8-10-26-11-9-21)19-7-5-15-13-14-3-1-2-4-16(14)20-18(15)23/h1-4,13H,5-12H2,(H,19,22)(H,20,23). The summed E-state index contributed by atoms with van der Waals surface area (Å²) in [5.74, 6) is -0.570. The molecule has 146 valence electrons. The van der Waals surface area contributed by atoms with Crippen molar-refractivity contribution in [2.24, 2.45) is 0 Å². The molecule has 0 radical (unpaired) electrons. The van der Waals surface area contributed by atoms with Crippen molar-refractivity contribution in [1.82, 2.24) is 14.6 Å². The van der Waals surface area contributed by atoms with Crippen molar-refractivity contribution >= 4 is 26.8 Å². The second-order valence-corrected chi connectivity index (χ2v) is 8.48. The van der Waals surface area contributed by atoms with Crippen LogP contribution in [-0.4, -0.2) is 62.2 Å². The Hall–Kier alpha value is -2.23. The number of sulfonamides is 1. The lowest BCUT2D eigenvalue weighted by Gasteiger charge is -2.25. The van der Waals surface area contributed by atoms with Crippen LogP contribution in [0.2, 0.25) is 0 Å². The van der Waals surface area contributed by atoms with Crippen LogP contribution in [0.4, 0.5) is 0 Å². The molecule has 0 spiro atoms. The Morgan fingerprint density at radius 1 is 1.22 bits per heavy atom. The summed E-state index contributed by atoms with van der Waals surface area (Å²) < 4.78 is 30.9. The number of hydrogen-bond acceptors (Lipinski definition) is 5. The zero-order valence-electron chi connectivity index (χ0n) is 14.9. The maximum atomic E-state index is 12.2. The molecular weight excluding hydrogens is 370 g/mol. The van der Waals surface area contributed by atoms with E-state index in [0.717, 1.165) is 10.9 Å². The number of H-pyrrole nitrogens is 1. The molecule has 9 heteroatoms. The van der Waals surface area contributed by atoms with E-state index in [9.17, 15) is 18.0 Å². The number of fused-ring (bicyclic) bond motifs is 1. The molecule has 0 bridgehead atoms. The number of ether oxygens (including phenoxy) is 1. The molecule has 1 aromatic heterocycles. The van der Waals surface area contributed by atoms with E-state index in [2.05, 4.69) is 10.3 Å². The summed E-state index contributed by atoms with van der Waals surface area (Å²) in [6.07, 6.45) is 0.274. The van der Waals surface area contributed by atoms with Crippen LogP contribution in [0.25, 0.3) is 10.9 Å². The third-order valence-corrected chi connectivity index (χ3v) is 6.37. The Morgan fingerprint density at radius 2 is 1.96 bits per heavy atom. The number of pyridine rings is 1. The van der Waals surface area contributed by atoms with Crippen molar-refractivity contribution in [2.75, 3.05) is 38.6 Å². The van der Waals surface area contributed by atoms with Crippen molar-refractivity contribution in [3.63, 3.8) is 0 Å². The molecule has 0 saturated carbocycles. The van der Waals surface area contributed by atoms with Gasteiger partial charge in [0, 0.05) is 37.1 Å². The van der Waals surface area contributed by atoms with Crippen LogP contribution in [0.5, 0.6) is 0 Å². The van der Waals surface area contributed by atoms with Crippen molar-refractivity contribution in [3.8, 4) is 0 Å². The second-order valence-electron chi connectivity index (χ2n) is 6.39. The minimum absolute atomic E-state index is 0.103. The Balaban J connectivity index is 1.48. The van der Waals surface area contributed by atoms with Gasteiger partial charge in [-0.15, -0.1) is 0 Å². The SMILES string of the molecule is O=C(CCS(=O)(=O)N1CCOCC1)NCCc1cc2ccccc2[nH]c1=O. The van der Waals surface area contributed by atoms with E-state index in [4.69, 9.17) is 4.74 Å². The lowest BCUT2D eigenvalue weighted by atomic mass is 10.1. The Bertz CT molecular complexity index is 964. The minimum Gasteiger partial charge on any atom is -0.379 e. The normalized spacial score (nSPS) is 15.7. The molecule has 2 heterocycles. The number of amides is 1. The van der Waals surface area contributed by atoms with E-state index in [1.807, 2.05) is 30.3 Å². The molecule has 2 N–H and O–H groups in total.